The van der Waals surface area contributed by atoms with Gasteiger partial charge in [0.15, 0.2) is 0 Å². The molecule has 110 valence electrons. The zero-order valence-electron chi connectivity index (χ0n) is 12.4. The van der Waals surface area contributed by atoms with Gasteiger partial charge in [-0.25, -0.2) is 4.79 Å². The van der Waals surface area contributed by atoms with E-state index >= 15 is 0 Å². The largest absolute Gasteiger partial charge is 0.462 e. The molecule has 0 saturated carbocycles. The minimum atomic E-state index is -0.306. The van der Waals surface area contributed by atoms with Crippen molar-refractivity contribution in [1.82, 2.24) is 4.98 Å². The molecule has 3 aromatic rings. The zero-order chi connectivity index (χ0) is 15.4. The highest BCUT2D eigenvalue weighted by molar-refractivity contribution is 5.98. The van der Waals surface area contributed by atoms with Crippen LogP contribution >= 0.6 is 0 Å². The standard InChI is InChI=1S/C19H17NO2/c1-2-22-19(21)16-13-17(14-9-5-3-6-10-14)20-18(16)15-11-7-4-8-12-15/h3-13,20H,2H2,1H3. The first kappa shape index (κ1) is 14.1. The van der Waals surface area contributed by atoms with Crippen molar-refractivity contribution in [3.8, 4) is 22.5 Å². The van der Waals surface area contributed by atoms with Gasteiger partial charge in [0.05, 0.1) is 17.9 Å². The molecule has 0 unspecified atom stereocenters. The van der Waals surface area contributed by atoms with Crippen LogP contribution < -0.4 is 0 Å². The van der Waals surface area contributed by atoms with Gasteiger partial charge >= 0.3 is 5.97 Å². The molecule has 3 heteroatoms. The van der Waals surface area contributed by atoms with Crippen molar-refractivity contribution in [3.05, 3.63) is 72.3 Å². The van der Waals surface area contributed by atoms with Crippen LogP contribution in [0.4, 0.5) is 0 Å². The second-order valence-electron chi connectivity index (χ2n) is 4.92. The summed E-state index contributed by atoms with van der Waals surface area (Å²) in [5.41, 5.74) is 4.26. The molecule has 0 aliphatic carbocycles. The summed E-state index contributed by atoms with van der Waals surface area (Å²) in [5, 5.41) is 0. The second-order valence-corrected chi connectivity index (χ2v) is 4.92. The van der Waals surface area contributed by atoms with Crippen LogP contribution in [0.5, 0.6) is 0 Å². The van der Waals surface area contributed by atoms with Gasteiger partial charge in [0, 0.05) is 5.69 Å². The van der Waals surface area contributed by atoms with Crippen LogP contribution in [0.1, 0.15) is 17.3 Å². The van der Waals surface area contributed by atoms with Gasteiger partial charge in [-0.15, -0.1) is 0 Å². The molecule has 0 saturated heterocycles. The van der Waals surface area contributed by atoms with Crippen molar-refractivity contribution in [2.45, 2.75) is 6.92 Å². The maximum Gasteiger partial charge on any atom is 0.340 e. The predicted molar refractivity (Wildman–Crippen MR) is 87.6 cm³/mol. The highest BCUT2D eigenvalue weighted by atomic mass is 16.5. The Morgan fingerprint density at radius 3 is 2.14 bits per heavy atom. The van der Waals surface area contributed by atoms with Gasteiger partial charge in [-0.3, -0.25) is 0 Å². The minimum absolute atomic E-state index is 0.306. The summed E-state index contributed by atoms with van der Waals surface area (Å²) in [6, 6.07) is 21.6. The Morgan fingerprint density at radius 1 is 0.955 bits per heavy atom. The summed E-state index contributed by atoms with van der Waals surface area (Å²) in [6.07, 6.45) is 0. The average molecular weight is 291 g/mol. The molecular weight excluding hydrogens is 274 g/mol. The SMILES string of the molecule is CCOC(=O)c1cc(-c2ccccc2)[nH]c1-c1ccccc1. The maximum atomic E-state index is 12.2. The van der Waals surface area contributed by atoms with Crippen LogP contribution in [0.2, 0.25) is 0 Å². The number of hydrogen-bond donors (Lipinski definition) is 1. The Hall–Kier alpha value is -2.81. The molecule has 0 bridgehead atoms. The summed E-state index contributed by atoms with van der Waals surface area (Å²) in [4.78, 5) is 15.6. The Morgan fingerprint density at radius 2 is 1.55 bits per heavy atom. The second kappa shape index (κ2) is 6.31. The van der Waals surface area contributed by atoms with Gasteiger partial charge in [0.25, 0.3) is 0 Å². The third-order valence-electron chi connectivity index (χ3n) is 3.46. The van der Waals surface area contributed by atoms with Crippen molar-refractivity contribution < 1.29 is 9.53 Å². The summed E-state index contributed by atoms with van der Waals surface area (Å²) < 4.78 is 5.18. The number of H-pyrrole nitrogens is 1. The van der Waals surface area contributed by atoms with E-state index in [0.29, 0.717) is 12.2 Å². The van der Waals surface area contributed by atoms with E-state index < -0.39 is 0 Å². The number of nitrogens with one attached hydrogen (secondary N) is 1. The quantitative estimate of drug-likeness (QED) is 0.718. The summed E-state index contributed by atoms with van der Waals surface area (Å²) >= 11 is 0. The van der Waals surface area contributed by atoms with E-state index in [0.717, 1.165) is 22.5 Å². The molecule has 2 aromatic carbocycles. The van der Waals surface area contributed by atoms with Crippen LogP contribution in [0, 0.1) is 0 Å². The van der Waals surface area contributed by atoms with Gasteiger partial charge < -0.3 is 9.72 Å². The number of carbonyl (C=O) groups is 1. The van der Waals surface area contributed by atoms with Crippen molar-refractivity contribution >= 4 is 5.97 Å². The lowest BCUT2D eigenvalue weighted by Crippen LogP contribution is -2.04. The van der Waals surface area contributed by atoms with Gasteiger partial charge in [-0.05, 0) is 24.1 Å². The first-order chi connectivity index (χ1) is 10.8. The number of carbonyl (C=O) groups excluding carboxylic acids is 1. The lowest BCUT2D eigenvalue weighted by atomic mass is 10.1. The van der Waals surface area contributed by atoms with E-state index in [1.807, 2.05) is 73.7 Å². The van der Waals surface area contributed by atoms with Gasteiger partial charge in [-0.2, -0.15) is 0 Å². The number of aromatic amines is 1. The molecule has 0 amide bonds. The molecule has 1 N–H and O–H groups in total. The fourth-order valence-electron chi connectivity index (χ4n) is 2.43. The van der Waals surface area contributed by atoms with E-state index in [4.69, 9.17) is 4.74 Å². The van der Waals surface area contributed by atoms with E-state index in [2.05, 4.69) is 4.98 Å². The number of hydrogen-bond acceptors (Lipinski definition) is 2. The average Bonchev–Trinajstić information content (AvgIpc) is 3.02. The molecule has 1 heterocycles. The molecular formula is C19H17NO2. The Labute approximate surface area is 129 Å². The number of ether oxygens (including phenoxy) is 1. The molecule has 0 atom stereocenters. The number of esters is 1. The first-order valence-electron chi connectivity index (χ1n) is 7.30. The first-order valence-corrected chi connectivity index (χ1v) is 7.30. The molecule has 0 aliphatic heterocycles. The van der Waals surface area contributed by atoms with Crippen molar-refractivity contribution in [2.75, 3.05) is 6.61 Å². The third-order valence-corrected chi connectivity index (χ3v) is 3.46. The fraction of sp³-hybridized carbons (Fsp3) is 0.105. The smallest absolute Gasteiger partial charge is 0.340 e. The predicted octanol–water partition coefficient (Wildman–Crippen LogP) is 4.53. The summed E-state index contributed by atoms with van der Waals surface area (Å²) in [5.74, 6) is -0.306. The minimum Gasteiger partial charge on any atom is -0.462 e. The van der Waals surface area contributed by atoms with E-state index in [-0.39, 0.29) is 5.97 Å². The van der Waals surface area contributed by atoms with Gasteiger partial charge in [-0.1, -0.05) is 60.7 Å². The Bertz CT molecular complexity index is 761. The topological polar surface area (TPSA) is 42.1 Å². The number of aromatic nitrogens is 1. The van der Waals surface area contributed by atoms with Gasteiger partial charge in [0.2, 0.25) is 0 Å². The third kappa shape index (κ3) is 2.79. The van der Waals surface area contributed by atoms with Crippen LogP contribution in [0.3, 0.4) is 0 Å². The molecule has 3 nitrogen and oxygen atoms in total. The summed E-state index contributed by atoms with van der Waals surface area (Å²) in [6.45, 7) is 2.17. The van der Waals surface area contributed by atoms with Crippen molar-refractivity contribution in [2.24, 2.45) is 0 Å². The van der Waals surface area contributed by atoms with E-state index in [1.54, 1.807) is 0 Å². The van der Waals surface area contributed by atoms with Crippen LogP contribution in [-0.2, 0) is 4.74 Å². The Kier molecular flexibility index (Phi) is 4.05. The van der Waals surface area contributed by atoms with E-state index in [9.17, 15) is 4.79 Å². The molecule has 3 rings (SSSR count). The highest BCUT2D eigenvalue weighted by Crippen LogP contribution is 2.29. The fourth-order valence-corrected chi connectivity index (χ4v) is 2.43. The molecule has 0 fully saturated rings. The van der Waals surface area contributed by atoms with Gasteiger partial charge in [0.1, 0.15) is 0 Å². The zero-order valence-corrected chi connectivity index (χ0v) is 12.4. The monoisotopic (exact) mass is 291 g/mol. The van der Waals surface area contributed by atoms with Crippen molar-refractivity contribution in [1.29, 1.82) is 0 Å². The number of benzene rings is 2. The molecule has 22 heavy (non-hydrogen) atoms. The van der Waals surface area contributed by atoms with Crippen LogP contribution in [0.15, 0.2) is 66.7 Å². The maximum absolute atomic E-state index is 12.2. The molecule has 0 radical (unpaired) electrons. The molecule has 0 aliphatic rings. The van der Waals surface area contributed by atoms with Crippen molar-refractivity contribution in [3.63, 3.8) is 0 Å². The normalized spacial score (nSPS) is 10.4. The molecule has 1 aromatic heterocycles. The van der Waals surface area contributed by atoms with E-state index in [1.165, 1.54) is 0 Å². The Balaban J connectivity index is 2.11. The molecule has 0 spiro atoms. The van der Waals surface area contributed by atoms with Crippen LogP contribution in [0.25, 0.3) is 22.5 Å². The van der Waals surface area contributed by atoms with Crippen LogP contribution in [-0.4, -0.2) is 17.6 Å². The number of rotatable bonds is 4. The summed E-state index contributed by atoms with van der Waals surface area (Å²) in [7, 11) is 0. The highest BCUT2D eigenvalue weighted by Gasteiger charge is 2.18. The lowest BCUT2D eigenvalue weighted by Gasteiger charge is -2.03. The lowest BCUT2D eigenvalue weighted by molar-refractivity contribution is 0.0527.